The fourth-order valence-electron chi connectivity index (χ4n) is 0.528. The molecular formula is C8H12O5. The van der Waals surface area contributed by atoms with Crippen molar-refractivity contribution in [3.8, 4) is 0 Å². The molecule has 0 aliphatic carbocycles. The molecule has 74 valence electrons. The summed E-state index contributed by atoms with van der Waals surface area (Å²) in [7, 11) is 1.20. The molecule has 0 rings (SSSR count). The lowest BCUT2D eigenvalue weighted by atomic mass is 10.4. The van der Waals surface area contributed by atoms with Crippen molar-refractivity contribution < 1.29 is 23.8 Å². The van der Waals surface area contributed by atoms with Crippen LogP contribution in [0.3, 0.4) is 0 Å². The van der Waals surface area contributed by atoms with Crippen LogP contribution in [0.15, 0.2) is 12.8 Å². The van der Waals surface area contributed by atoms with Gasteiger partial charge in [-0.3, -0.25) is 9.59 Å². The minimum Gasteiger partial charge on any atom is -0.498 e. The fraction of sp³-hybridized carbons (Fsp3) is 0.500. The Bertz CT molecular complexity index is 187. The zero-order valence-electron chi connectivity index (χ0n) is 7.45. The van der Waals surface area contributed by atoms with E-state index in [1.54, 1.807) is 0 Å². The van der Waals surface area contributed by atoms with Crippen LogP contribution < -0.4 is 0 Å². The third kappa shape index (κ3) is 6.86. The second-order valence-corrected chi connectivity index (χ2v) is 2.01. The van der Waals surface area contributed by atoms with Gasteiger partial charge in [-0.05, 0) is 0 Å². The van der Waals surface area contributed by atoms with Gasteiger partial charge in [0, 0.05) is 0 Å². The van der Waals surface area contributed by atoms with Crippen LogP contribution in [-0.2, 0) is 23.8 Å². The van der Waals surface area contributed by atoms with Crippen LogP contribution in [-0.4, -0.2) is 32.3 Å². The average Bonchev–Trinajstić information content (AvgIpc) is 2.12. The number of ether oxygens (including phenoxy) is 3. The van der Waals surface area contributed by atoms with Gasteiger partial charge in [0.25, 0.3) is 0 Å². The molecule has 0 heterocycles. The molecule has 0 spiro atoms. The molecule has 0 aromatic rings. The number of carbonyl (C=O) groups excluding carboxylic acids is 2. The van der Waals surface area contributed by atoms with Crippen molar-refractivity contribution in [2.75, 3.05) is 20.3 Å². The van der Waals surface area contributed by atoms with E-state index in [2.05, 4.69) is 20.8 Å². The molecule has 0 bridgehead atoms. The number of carbonyl (C=O) groups is 2. The molecule has 0 aliphatic rings. The second-order valence-electron chi connectivity index (χ2n) is 2.01. The molecule has 0 aromatic heterocycles. The van der Waals surface area contributed by atoms with Crippen molar-refractivity contribution in [2.45, 2.75) is 6.42 Å². The maximum absolute atomic E-state index is 10.8. The van der Waals surface area contributed by atoms with Crippen molar-refractivity contribution in [1.82, 2.24) is 0 Å². The molecule has 0 aromatic carbocycles. The molecule has 0 aliphatic heterocycles. The lowest BCUT2D eigenvalue weighted by molar-refractivity contribution is -0.153. The summed E-state index contributed by atoms with van der Waals surface area (Å²) in [6.07, 6.45) is 0.874. The van der Waals surface area contributed by atoms with E-state index in [4.69, 9.17) is 0 Å². The maximum Gasteiger partial charge on any atom is 0.317 e. The van der Waals surface area contributed by atoms with Gasteiger partial charge in [-0.1, -0.05) is 6.58 Å². The third-order valence-corrected chi connectivity index (χ3v) is 1.10. The van der Waals surface area contributed by atoms with Gasteiger partial charge in [0.15, 0.2) is 0 Å². The highest BCUT2D eigenvalue weighted by Crippen LogP contribution is 1.89. The first-order valence-corrected chi connectivity index (χ1v) is 3.65. The van der Waals surface area contributed by atoms with Gasteiger partial charge in [-0.15, -0.1) is 0 Å². The van der Waals surface area contributed by atoms with Crippen LogP contribution >= 0.6 is 0 Å². The average molecular weight is 188 g/mol. The van der Waals surface area contributed by atoms with Crippen molar-refractivity contribution in [1.29, 1.82) is 0 Å². The number of esters is 2. The highest BCUT2D eigenvalue weighted by Gasteiger charge is 2.09. The van der Waals surface area contributed by atoms with Gasteiger partial charge < -0.3 is 14.2 Å². The molecule has 0 saturated heterocycles. The van der Waals surface area contributed by atoms with E-state index >= 15 is 0 Å². The van der Waals surface area contributed by atoms with Gasteiger partial charge >= 0.3 is 11.9 Å². The largest absolute Gasteiger partial charge is 0.498 e. The Hall–Kier alpha value is -1.52. The quantitative estimate of drug-likeness (QED) is 0.259. The monoisotopic (exact) mass is 188 g/mol. The van der Waals surface area contributed by atoms with Crippen molar-refractivity contribution >= 4 is 11.9 Å². The lowest BCUT2D eigenvalue weighted by Crippen LogP contribution is -2.14. The van der Waals surface area contributed by atoms with Crippen LogP contribution in [0.5, 0.6) is 0 Å². The fourth-order valence-corrected chi connectivity index (χ4v) is 0.528. The Balaban J connectivity index is 3.40. The zero-order valence-corrected chi connectivity index (χ0v) is 7.45. The lowest BCUT2D eigenvalue weighted by Gasteiger charge is -2.03. The van der Waals surface area contributed by atoms with Crippen LogP contribution in [0.2, 0.25) is 0 Å². The first-order chi connectivity index (χ1) is 6.20. The maximum atomic E-state index is 10.8. The van der Waals surface area contributed by atoms with Crippen LogP contribution in [0.1, 0.15) is 6.42 Å². The van der Waals surface area contributed by atoms with Crippen LogP contribution in [0.4, 0.5) is 0 Å². The van der Waals surface area contributed by atoms with Gasteiger partial charge in [0.2, 0.25) is 0 Å². The van der Waals surface area contributed by atoms with Crippen molar-refractivity contribution in [2.24, 2.45) is 0 Å². The molecule has 0 amide bonds. The summed E-state index contributed by atoms with van der Waals surface area (Å²) in [6, 6.07) is 0. The second kappa shape index (κ2) is 7.15. The SMILES string of the molecule is C=COCCOC(=O)CC(=O)OC. The predicted octanol–water partition coefficient (Wildman–Crippen LogP) is 0.253. The third-order valence-electron chi connectivity index (χ3n) is 1.10. The van der Waals surface area contributed by atoms with Crippen molar-refractivity contribution in [3.05, 3.63) is 12.8 Å². The van der Waals surface area contributed by atoms with E-state index in [1.807, 2.05) is 0 Å². The molecule has 0 radical (unpaired) electrons. The van der Waals surface area contributed by atoms with E-state index in [9.17, 15) is 9.59 Å². The molecule has 0 unspecified atom stereocenters. The van der Waals surface area contributed by atoms with E-state index < -0.39 is 11.9 Å². The van der Waals surface area contributed by atoms with E-state index in [1.165, 1.54) is 13.4 Å². The summed E-state index contributed by atoms with van der Waals surface area (Å²) in [5, 5.41) is 0. The zero-order chi connectivity index (χ0) is 10.1. The van der Waals surface area contributed by atoms with Crippen LogP contribution in [0, 0.1) is 0 Å². The Morgan fingerprint density at radius 1 is 1.31 bits per heavy atom. The number of rotatable bonds is 6. The highest BCUT2D eigenvalue weighted by molar-refractivity contribution is 5.91. The summed E-state index contributed by atoms with van der Waals surface area (Å²) in [5.41, 5.74) is 0. The molecule has 0 saturated carbocycles. The minimum atomic E-state index is -0.625. The smallest absolute Gasteiger partial charge is 0.317 e. The topological polar surface area (TPSA) is 61.8 Å². The summed E-state index contributed by atoms with van der Waals surface area (Å²) < 4.78 is 13.6. The van der Waals surface area contributed by atoms with Gasteiger partial charge in [-0.2, -0.15) is 0 Å². The van der Waals surface area contributed by atoms with Crippen LogP contribution in [0.25, 0.3) is 0 Å². The van der Waals surface area contributed by atoms with E-state index in [0.29, 0.717) is 0 Å². The normalized spacial score (nSPS) is 8.69. The van der Waals surface area contributed by atoms with E-state index in [-0.39, 0.29) is 19.6 Å². The summed E-state index contributed by atoms with van der Waals surface area (Å²) >= 11 is 0. The van der Waals surface area contributed by atoms with Crippen molar-refractivity contribution in [3.63, 3.8) is 0 Å². The Morgan fingerprint density at radius 2 is 2.00 bits per heavy atom. The first kappa shape index (κ1) is 11.5. The van der Waals surface area contributed by atoms with Gasteiger partial charge in [-0.25, -0.2) is 0 Å². The Labute approximate surface area is 76.3 Å². The molecule has 13 heavy (non-hydrogen) atoms. The Morgan fingerprint density at radius 3 is 2.54 bits per heavy atom. The molecule has 0 fully saturated rings. The van der Waals surface area contributed by atoms with Gasteiger partial charge in [0.05, 0.1) is 13.4 Å². The highest BCUT2D eigenvalue weighted by atomic mass is 16.6. The number of hydrogen-bond acceptors (Lipinski definition) is 5. The number of hydrogen-bond donors (Lipinski definition) is 0. The Kier molecular flexibility index (Phi) is 6.31. The number of methoxy groups -OCH3 is 1. The molecule has 5 nitrogen and oxygen atoms in total. The summed E-state index contributed by atoms with van der Waals surface area (Å²) in [4.78, 5) is 21.3. The standard InChI is InChI=1S/C8H12O5/c1-3-12-4-5-13-8(10)6-7(9)11-2/h3H,1,4-6H2,2H3. The van der Waals surface area contributed by atoms with Gasteiger partial charge in [0.1, 0.15) is 19.6 Å². The minimum absolute atomic E-state index is 0.0991. The summed E-state index contributed by atoms with van der Waals surface area (Å²) in [5.74, 6) is -1.24. The molecule has 5 heteroatoms. The predicted molar refractivity (Wildman–Crippen MR) is 43.7 cm³/mol. The first-order valence-electron chi connectivity index (χ1n) is 3.65. The van der Waals surface area contributed by atoms with E-state index in [0.717, 1.165) is 0 Å². The molecular weight excluding hydrogens is 176 g/mol. The summed E-state index contributed by atoms with van der Waals surface area (Å²) in [6.45, 7) is 3.63. The molecule has 0 N–H and O–H groups in total. The molecule has 0 atom stereocenters.